The van der Waals surface area contributed by atoms with Crippen molar-refractivity contribution in [1.82, 2.24) is 14.9 Å². The number of carbonyl (C=O) groups is 1. The second-order valence-corrected chi connectivity index (χ2v) is 6.79. The van der Waals surface area contributed by atoms with Gasteiger partial charge in [-0.15, -0.1) is 0 Å². The number of amides is 1. The van der Waals surface area contributed by atoms with E-state index in [1.165, 1.54) is 24.5 Å². The second-order valence-electron chi connectivity index (χ2n) is 6.79. The highest BCUT2D eigenvalue weighted by molar-refractivity contribution is 5.97. The Morgan fingerprint density at radius 2 is 1.96 bits per heavy atom. The number of nitrogens with one attached hydrogen (secondary N) is 1. The predicted octanol–water partition coefficient (Wildman–Crippen LogP) is 3.60. The molecule has 2 aromatic heterocycles. The molecule has 0 atom stereocenters. The van der Waals surface area contributed by atoms with Crippen LogP contribution < -0.4 is 5.32 Å². The van der Waals surface area contributed by atoms with Crippen molar-refractivity contribution >= 4 is 16.9 Å². The van der Waals surface area contributed by atoms with Gasteiger partial charge in [0.05, 0.1) is 10.9 Å². The Morgan fingerprint density at radius 3 is 2.68 bits per heavy atom. The molecule has 0 aliphatic carbocycles. The van der Waals surface area contributed by atoms with Crippen molar-refractivity contribution in [2.24, 2.45) is 7.05 Å². The Hall–Kier alpha value is -2.76. The molecule has 25 heavy (non-hydrogen) atoms. The van der Waals surface area contributed by atoms with Gasteiger partial charge in [-0.3, -0.25) is 4.79 Å². The average Bonchev–Trinajstić information content (AvgIpc) is 2.83. The number of aryl methyl sites for hydroxylation is 1. The molecule has 0 aliphatic heterocycles. The van der Waals surface area contributed by atoms with E-state index in [1.54, 1.807) is 29.8 Å². The number of hydrogen-bond acceptors (Lipinski definition) is 2. The van der Waals surface area contributed by atoms with Crippen molar-refractivity contribution in [2.45, 2.75) is 25.8 Å². The third-order valence-electron chi connectivity index (χ3n) is 4.07. The van der Waals surface area contributed by atoms with Crippen LogP contribution >= 0.6 is 0 Å². The minimum absolute atomic E-state index is 0.263. The summed E-state index contributed by atoms with van der Waals surface area (Å²) in [4.78, 5) is 16.7. The number of benzene rings is 1. The van der Waals surface area contributed by atoms with E-state index in [9.17, 15) is 13.6 Å². The van der Waals surface area contributed by atoms with Crippen LogP contribution in [0.5, 0.6) is 0 Å². The molecule has 1 N–H and O–H groups in total. The van der Waals surface area contributed by atoms with E-state index in [1.807, 2.05) is 13.8 Å². The molecule has 0 fully saturated rings. The van der Waals surface area contributed by atoms with Crippen molar-refractivity contribution in [3.05, 3.63) is 65.5 Å². The van der Waals surface area contributed by atoms with Crippen molar-refractivity contribution in [1.29, 1.82) is 0 Å². The van der Waals surface area contributed by atoms with Crippen LogP contribution in [0.3, 0.4) is 0 Å². The molecular weight excluding hydrogens is 324 g/mol. The molecule has 4 nitrogen and oxygen atoms in total. The Labute approximate surface area is 144 Å². The van der Waals surface area contributed by atoms with Gasteiger partial charge < -0.3 is 9.88 Å². The fourth-order valence-electron chi connectivity index (χ4n) is 2.88. The van der Waals surface area contributed by atoms with Crippen LogP contribution in [0.2, 0.25) is 0 Å². The highest BCUT2D eigenvalue weighted by atomic mass is 19.1. The van der Waals surface area contributed by atoms with Crippen LogP contribution in [-0.4, -0.2) is 21.0 Å². The van der Waals surface area contributed by atoms with Gasteiger partial charge >= 0.3 is 0 Å². The normalized spacial score (nSPS) is 11.7. The molecule has 0 radical (unpaired) electrons. The lowest BCUT2D eigenvalue weighted by atomic mass is 9.94. The Balaban J connectivity index is 1.81. The number of halogens is 2. The summed E-state index contributed by atoms with van der Waals surface area (Å²) in [7, 11) is 1.69. The van der Waals surface area contributed by atoms with E-state index >= 15 is 0 Å². The van der Waals surface area contributed by atoms with E-state index in [0.29, 0.717) is 23.0 Å². The lowest BCUT2D eigenvalue weighted by molar-refractivity contribution is 0.0912. The van der Waals surface area contributed by atoms with Crippen molar-refractivity contribution in [2.75, 3.05) is 0 Å². The maximum Gasteiger partial charge on any atom is 0.253 e. The van der Waals surface area contributed by atoms with Crippen molar-refractivity contribution < 1.29 is 13.6 Å². The number of pyridine rings is 1. The zero-order valence-corrected chi connectivity index (χ0v) is 14.3. The van der Waals surface area contributed by atoms with Crippen LogP contribution in [0, 0.1) is 11.6 Å². The summed E-state index contributed by atoms with van der Waals surface area (Å²) in [6.07, 6.45) is 3.07. The summed E-state index contributed by atoms with van der Waals surface area (Å²) >= 11 is 0. The third-order valence-corrected chi connectivity index (χ3v) is 4.07. The zero-order valence-electron chi connectivity index (χ0n) is 14.3. The molecule has 3 aromatic rings. The maximum absolute atomic E-state index is 13.9. The number of rotatable bonds is 4. The highest BCUT2D eigenvalue weighted by Crippen LogP contribution is 2.20. The number of nitrogens with zero attached hydrogens (tertiary/aromatic N) is 2. The molecule has 1 aromatic carbocycles. The number of aromatic nitrogens is 2. The van der Waals surface area contributed by atoms with Gasteiger partial charge in [0, 0.05) is 25.0 Å². The van der Waals surface area contributed by atoms with Crippen LogP contribution in [0.1, 0.15) is 29.8 Å². The molecule has 0 bridgehead atoms. The van der Waals surface area contributed by atoms with E-state index < -0.39 is 11.4 Å². The van der Waals surface area contributed by atoms with Crippen LogP contribution in [0.15, 0.2) is 42.7 Å². The quantitative estimate of drug-likeness (QED) is 0.787. The molecule has 6 heteroatoms. The number of fused-ring (bicyclic) bond motifs is 1. The maximum atomic E-state index is 13.9. The number of carbonyl (C=O) groups excluding carboxylic acids is 1. The first-order valence-electron chi connectivity index (χ1n) is 7.93. The SMILES string of the molecule is Cn1cc(F)c2cc(C(=O)NC(C)(C)Cc3ccccc3F)cnc21. The molecule has 3 rings (SSSR count). The van der Waals surface area contributed by atoms with Gasteiger partial charge in [0.2, 0.25) is 0 Å². The molecule has 0 spiro atoms. The molecule has 0 saturated carbocycles. The summed E-state index contributed by atoms with van der Waals surface area (Å²) in [5, 5.41) is 3.16. The monoisotopic (exact) mass is 343 g/mol. The fraction of sp³-hybridized carbons (Fsp3) is 0.263. The van der Waals surface area contributed by atoms with E-state index in [2.05, 4.69) is 10.3 Å². The van der Waals surface area contributed by atoms with Gasteiger partial charge in [-0.2, -0.15) is 0 Å². The molecule has 0 unspecified atom stereocenters. The largest absolute Gasteiger partial charge is 0.347 e. The molecule has 2 heterocycles. The fourth-order valence-corrected chi connectivity index (χ4v) is 2.88. The summed E-state index contributed by atoms with van der Waals surface area (Å²) < 4.78 is 29.3. The van der Waals surface area contributed by atoms with Gasteiger partial charge in [-0.25, -0.2) is 13.8 Å². The first-order chi connectivity index (χ1) is 11.8. The molecule has 130 valence electrons. The van der Waals surface area contributed by atoms with Crippen LogP contribution in [0.4, 0.5) is 8.78 Å². The van der Waals surface area contributed by atoms with Gasteiger partial charge in [0.1, 0.15) is 17.3 Å². The summed E-state index contributed by atoms with van der Waals surface area (Å²) in [6.45, 7) is 3.62. The minimum Gasteiger partial charge on any atom is -0.347 e. The van der Waals surface area contributed by atoms with E-state index in [-0.39, 0.29) is 17.3 Å². The smallest absolute Gasteiger partial charge is 0.253 e. The Kier molecular flexibility index (Phi) is 4.29. The van der Waals surface area contributed by atoms with Gasteiger partial charge in [-0.1, -0.05) is 18.2 Å². The first-order valence-corrected chi connectivity index (χ1v) is 7.93. The molecular formula is C19H19F2N3O. The van der Waals surface area contributed by atoms with Crippen molar-refractivity contribution in [3.63, 3.8) is 0 Å². The molecule has 0 saturated heterocycles. The van der Waals surface area contributed by atoms with Gasteiger partial charge in [0.25, 0.3) is 5.91 Å². The van der Waals surface area contributed by atoms with E-state index in [4.69, 9.17) is 0 Å². The topological polar surface area (TPSA) is 46.9 Å². The van der Waals surface area contributed by atoms with Gasteiger partial charge in [-0.05, 0) is 38.0 Å². The first kappa shape index (κ1) is 17.1. The lowest BCUT2D eigenvalue weighted by Gasteiger charge is -2.26. The van der Waals surface area contributed by atoms with E-state index in [0.717, 1.165) is 0 Å². The molecule has 0 aliphatic rings. The van der Waals surface area contributed by atoms with Gasteiger partial charge in [0.15, 0.2) is 0 Å². The van der Waals surface area contributed by atoms with Crippen LogP contribution in [-0.2, 0) is 13.5 Å². The standard InChI is InChI=1S/C19H19F2N3O/c1-19(2,9-12-6-4-5-7-15(12)20)23-18(25)13-8-14-16(21)11-24(3)17(14)22-10-13/h4-8,10-11H,9H2,1-3H3,(H,23,25). The zero-order chi connectivity index (χ0) is 18.2. The summed E-state index contributed by atoms with van der Waals surface area (Å²) in [5.41, 5.74) is 0.582. The second kappa shape index (κ2) is 6.27. The average molecular weight is 343 g/mol. The molecule has 1 amide bonds. The Morgan fingerprint density at radius 1 is 1.24 bits per heavy atom. The minimum atomic E-state index is -0.677. The van der Waals surface area contributed by atoms with Crippen molar-refractivity contribution in [3.8, 4) is 0 Å². The van der Waals surface area contributed by atoms with Crippen LogP contribution in [0.25, 0.3) is 11.0 Å². The summed E-state index contributed by atoms with van der Waals surface area (Å²) in [6, 6.07) is 7.94. The highest BCUT2D eigenvalue weighted by Gasteiger charge is 2.24. The Bertz CT molecular complexity index is 947. The predicted molar refractivity (Wildman–Crippen MR) is 92.3 cm³/mol. The summed E-state index contributed by atoms with van der Waals surface area (Å²) in [5.74, 6) is -1.11. The number of hydrogen-bond donors (Lipinski definition) is 1. The lowest BCUT2D eigenvalue weighted by Crippen LogP contribution is -2.45. The third kappa shape index (κ3) is 3.52.